The van der Waals surface area contributed by atoms with Crippen LogP contribution < -0.4 is 0 Å². The summed E-state index contributed by atoms with van der Waals surface area (Å²) in [5.41, 5.74) is 0.854. The third-order valence-corrected chi connectivity index (χ3v) is 4.27. The number of carbonyl (C=O) groups excluding carboxylic acids is 1. The van der Waals surface area contributed by atoms with E-state index in [-0.39, 0.29) is 17.8 Å². The lowest BCUT2D eigenvalue weighted by atomic mass is 10.1. The van der Waals surface area contributed by atoms with Crippen molar-refractivity contribution >= 4 is 28.7 Å². The Morgan fingerprint density at radius 2 is 2.11 bits per heavy atom. The molecule has 0 aliphatic heterocycles. The van der Waals surface area contributed by atoms with E-state index >= 15 is 0 Å². The summed E-state index contributed by atoms with van der Waals surface area (Å²) in [4.78, 5) is 12.3. The van der Waals surface area contributed by atoms with Gasteiger partial charge >= 0.3 is 0 Å². The first kappa shape index (κ1) is 13.2. The number of hydrogen-bond acceptors (Lipinski definition) is 2. The second-order valence-electron chi connectivity index (χ2n) is 3.87. The Kier molecular flexibility index (Phi) is 3.78. The summed E-state index contributed by atoms with van der Waals surface area (Å²) < 4.78 is 26.4. The molecule has 0 spiro atoms. The van der Waals surface area contributed by atoms with Crippen LogP contribution in [0, 0.1) is 18.6 Å². The molecule has 0 unspecified atom stereocenters. The molecule has 18 heavy (non-hydrogen) atoms. The summed E-state index contributed by atoms with van der Waals surface area (Å²) in [7, 11) is 0. The first-order valence-electron chi connectivity index (χ1n) is 5.20. The second kappa shape index (κ2) is 5.16. The third-order valence-electron chi connectivity index (χ3n) is 2.53. The van der Waals surface area contributed by atoms with Gasteiger partial charge in [-0.25, -0.2) is 8.78 Å². The summed E-state index contributed by atoms with van der Waals surface area (Å²) in [5, 5.41) is 2.15. The normalized spacial score (nSPS) is 10.7. The van der Waals surface area contributed by atoms with Gasteiger partial charge in [0.25, 0.3) is 0 Å². The lowest BCUT2D eigenvalue weighted by molar-refractivity contribution is 0.0995. The highest BCUT2D eigenvalue weighted by molar-refractivity contribution is 7.13. The van der Waals surface area contributed by atoms with Crippen molar-refractivity contribution in [1.82, 2.24) is 0 Å². The van der Waals surface area contributed by atoms with Gasteiger partial charge in [-0.3, -0.25) is 4.79 Å². The van der Waals surface area contributed by atoms with Gasteiger partial charge < -0.3 is 0 Å². The van der Waals surface area contributed by atoms with Crippen molar-refractivity contribution in [2.75, 3.05) is 0 Å². The molecular formula is C13H9ClF2OS. The van der Waals surface area contributed by atoms with Gasteiger partial charge in [0.05, 0.1) is 9.90 Å². The van der Waals surface area contributed by atoms with Crippen molar-refractivity contribution in [2.24, 2.45) is 0 Å². The van der Waals surface area contributed by atoms with Crippen LogP contribution in [-0.4, -0.2) is 5.78 Å². The molecule has 0 aliphatic rings. The van der Waals surface area contributed by atoms with Crippen LogP contribution in [0.3, 0.4) is 0 Å². The zero-order valence-corrected chi connectivity index (χ0v) is 11.0. The van der Waals surface area contributed by atoms with Crippen LogP contribution in [0.5, 0.6) is 0 Å². The van der Waals surface area contributed by atoms with Gasteiger partial charge in [-0.05, 0) is 29.5 Å². The van der Waals surface area contributed by atoms with Crippen LogP contribution >= 0.6 is 22.9 Å². The zero-order valence-electron chi connectivity index (χ0n) is 9.47. The number of carbonyl (C=O) groups is 1. The molecule has 0 atom stereocenters. The molecule has 94 valence electrons. The summed E-state index contributed by atoms with van der Waals surface area (Å²) in [6.45, 7) is 1.79. The van der Waals surface area contributed by atoms with Crippen LogP contribution in [-0.2, 0) is 6.42 Å². The zero-order chi connectivity index (χ0) is 13.3. The lowest BCUT2D eigenvalue weighted by Crippen LogP contribution is -2.05. The Balaban J connectivity index is 2.27. The molecule has 1 nitrogen and oxygen atoms in total. The molecule has 2 aromatic rings. The first-order chi connectivity index (χ1) is 8.50. The van der Waals surface area contributed by atoms with Gasteiger partial charge in [0.2, 0.25) is 0 Å². The number of rotatable bonds is 3. The number of thiophene rings is 1. The van der Waals surface area contributed by atoms with Gasteiger partial charge in [0, 0.05) is 6.42 Å². The first-order valence-corrected chi connectivity index (χ1v) is 6.46. The standard InChI is InChI=1S/C13H9ClF2OS/c1-7-6-18-13(11(7)14)10(17)5-8-3-2-4-9(15)12(8)16/h2-4,6H,5H2,1H3. The summed E-state index contributed by atoms with van der Waals surface area (Å²) in [6, 6.07) is 3.79. The molecule has 0 fully saturated rings. The van der Waals surface area contributed by atoms with E-state index in [2.05, 4.69) is 0 Å². The van der Waals surface area contributed by atoms with Crippen molar-refractivity contribution < 1.29 is 13.6 Å². The van der Waals surface area contributed by atoms with E-state index in [1.54, 1.807) is 12.3 Å². The van der Waals surface area contributed by atoms with Crippen molar-refractivity contribution in [3.8, 4) is 0 Å². The van der Waals surface area contributed by atoms with Crippen molar-refractivity contribution in [3.05, 3.63) is 56.2 Å². The van der Waals surface area contributed by atoms with Gasteiger partial charge in [0.15, 0.2) is 17.4 Å². The minimum absolute atomic E-state index is 0.0436. The molecule has 5 heteroatoms. The fourth-order valence-corrected chi connectivity index (χ4v) is 2.80. The van der Waals surface area contributed by atoms with Crippen LogP contribution in [0.2, 0.25) is 5.02 Å². The summed E-state index contributed by atoms with van der Waals surface area (Å²) in [6.07, 6.45) is -0.191. The maximum Gasteiger partial charge on any atom is 0.178 e. The Morgan fingerprint density at radius 1 is 1.39 bits per heavy atom. The molecular weight excluding hydrogens is 278 g/mol. The topological polar surface area (TPSA) is 17.1 Å². The molecule has 1 aromatic heterocycles. The smallest absolute Gasteiger partial charge is 0.178 e. The van der Waals surface area contributed by atoms with Gasteiger partial charge in [0.1, 0.15) is 0 Å². The molecule has 0 radical (unpaired) electrons. The van der Waals surface area contributed by atoms with Crippen LogP contribution in [0.25, 0.3) is 0 Å². The number of aryl methyl sites for hydroxylation is 1. The number of benzene rings is 1. The molecule has 2 rings (SSSR count). The molecule has 0 amide bonds. The molecule has 0 saturated heterocycles. The van der Waals surface area contributed by atoms with Gasteiger partial charge in [-0.15, -0.1) is 11.3 Å². The molecule has 0 aliphatic carbocycles. The Bertz CT molecular complexity index is 607. The van der Waals surface area contributed by atoms with Gasteiger partial charge in [-0.2, -0.15) is 0 Å². The maximum atomic E-state index is 13.4. The third kappa shape index (κ3) is 2.44. The van der Waals surface area contributed by atoms with Gasteiger partial charge in [-0.1, -0.05) is 23.7 Å². The van der Waals surface area contributed by atoms with Crippen LogP contribution in [0.15, 0.2) is 23.6 Å². The average Bonchev–Trinajstić information content (AvgIpc) is 2.66. The molecule has 0 bridgehead atoms. The molecule has 1 heterocycles. The molecule has 1 aromatic carbocycles. The highest BCUT2D eigenvalue weighted by atomic mass is 35.5. The number of halogens is 3. The van der Waals surface area contributed by atoms with Crippen molar-refractivity contribution in [1.29, 1.82) is 0 Å². The lowest BCUT2D eigenvalue weighted by Gasteiger charge is -2.02. The summed E-state index contributed by atoms with van der Waals surface area (Å²) in [5.74, 6) is -2.23. The SMILES string of the molecule is Cc1csc(C(=O)Cc2cccc(F)c2F)c1Cl. The van der Waals surface area contributed by atoms with E-state index in [1.165, 1.54) is 23.5 Å². The van der Waals surface area contributed by atoms with E-state index in [1.807, 2.05) is 0 Å². The quantitative estimate of drug-likeness (QED) is 0.764. The molecule has 0 saturated carbocycles. The van der Waals surface area contributed by atoms with E-state index in [0.717, 1.165) is 11.6 Å². The Hall–Kier alpha value is -1.26. The monoisotopic (exact) mass is 286 g/mol. The van der Waals surface area contributed by atoms with E-state index in [4.69, 9.17) is 11.6 Å². The fourth-order valence-electron chi connectivity index (χ4n) is 1.56. The average molecular weight is 287 g/mol. The minimum Gasteiger partial charge on any atom is -0.293 e. The van der Waals surface area contributed by atoms with E-state index in [0.29, 0.717) is 9.90 Å². The van der Waals surface area contributed by atoms with Crippen LogP contribution in [0.1, 0.15) is 20.8 Å². The van der Waals surface area contributed by atoms with E-state index in [9.17, 15) is 13.6 Å². The minimum atomic E-state index is -0.977. The largest absolute Gasteiger partial charge is 0.293 e. The Labute approximate surface area is 112 Å². The van der Waals surface area contributed by atoms with Crippen molar-refractivity contribution in [3.63, 3.8) is 0 Å². The highest BCUT2D eigenvalue weighted by Crippen LogP contribution is 2.28. The second-order valence-corrected chi connectivity index (χ2v) is 5.13. The fraction of sp³-hybridized carbons (Fsp3) is 0.154. The predicted molar refractivity (Wildman–Crippen MR) is 68.5 cm³/mol. The summed E-state index contributed by atoms with van der Waals surface area (Å²) >= 11 is 7.18. The maximum absolute atomic E-state index is 13.4. The number of hydrogen-bond donors (Lipinski definition) is 0. The Morgan fingerprint density at radius 3 is 2.72 bits per heavy atom. The highest BCUT2D eigenvalue weighted by Gasteiger charge is 2.17. The van der Waals surface area contributed by atoms with E-state index < -0.39 is 11.6 Å². The number of Topliss-reactive ketones (excluding diaryl/α,β-unsaturated/α-hetero) is 1. The molecule has 0 N–H and O–H groups in total. The van der Waals surface area contributed by atoms with Crippen molar-refractivity contribution in [2.45, 2.75) is 13.3 Å². The predicted octanol–water partition coefficient (Wildman–Crippen LogP) is 4.41. The van der Waals surface area contributed by atoms with Crippen LogP contribution in [0.4, 0.5) is 8.78 Å². The number of ketones is 1.